The van der Waals surface area contributed by atoms with Crippen LogP contribution in [-0.2, 0) is 11.3 Å². The first-order valence-electron chi connectivity index (χ1n) is 8.87. The van der Waals surface area contributed by atoms with Gasteiger partial charge >= 0.3 is 0 Å². The van der Waals surface area contributed by atoms with E-state index in [0.29, 0.717) is 42.4 Å². The standard InChI is InChI=1S/C21H26N2O5/c1-15(24)23(14-16-5-10-19(27-3)20(13-16)28-4)12-11-22-21(25)17-6-8-18(26-2)9-7-17/h5-10,13H,11-12,14H2,1-4H3,(H,22,25). The van der Waals surface area contributed by atoms with Crippen molar-refractivity contribution in [2.45, 2.75) is 13.5 Å². The van der Waals surface area contributed by atoms with Crippen molar-refractivity contribution in [1.82, 2.24) is 10.2 Å². The summed E-state index contributed by atoms with van der Waals surface area (Å²) in [7, 11) is 4.72. The Hall–Kier alpha value is -3.22. The van der Waals surface area contributed by atoms with E-state index >= 15 is 0 Å². The fourth-order valence-electron chi connectivity index (χ4n) is 2.70. The molecule has 2 amide bonds. The number of benzene rings is 2. The molecule has 0 spiro atoms. The van der Waals surface area contributed by atoms with Gasteiger partial charge in [0.1, 0.15) is 5.75 Å². The second-order valence-electron chi connectivity index (χ2n) is 6.11. The molecular formula is C21H26N2O5. The number of hydrogen-bond acceptors (Lipinski definition) is 5. The molecule has 0 bridgehead atoms. The normalized spacial score (nSPS) is 10.1. The third kappa shape index (κ3) is 5.64. The zero-order valence-corrected chi connectivity index (χ0v) is 16.7. The van der Waals surface area contributed by atoms with Gasteiger partial charge in [0.15, 0.2) is 11.5 Å². The van der Waals surface area contributed by atoms with Crippen molar-refractivity contribution in [2.75, 3.05) is 34.4 Å². The molecule has 28 heavy (non-hydrogen) atoms. The fraction of sp³-hybridized carbons (Fsp3) is 0.333. The fourth-order valence-corrected chi connectivity index (χ4v) is 2.70. The van der Waals surface area contributed by atoms with Gasteiger partial charge in [-0.1, -0.05) is 6.07 Å². The molecule has 0 aliphatic carbocycles. The van der Waals surface area contributed by atoms with Crippen molar-refractivity contribution in [2.24, 2.45) is 0 Å². The molecule has 7 nitrogen and oxygen atoms in total. The van der Waals surface area contributed by atoms with Crippen LogP contribution >= 0.6 is 0 Å². The van der Waals surface area contributed by atoms with E-state index in [1.165, 1.54) is 6.92 Å². The van der Waals surface area contributed by atoms with Crippen LogP contribution in [0.15, 0.2) is 42.5 Å². The largest absolute Gasteiger partial charge is 0.497 e. The Morgan fingerprint density at radius 2 is 1.61 bits per heavy atom. The van der Waals surface area contributed by atoms with Gasteiger partial charge < -0.3 is 24.4 Å². The van der Waals surface area contributed by atoms with Gasteiger partial charge in [-0.15, -0.1) is 0 Å². The lowest BCUT2D eigenvalue weighted by molar-refractivity contribution is -0.129. The molecular weight excluding hydrogens is 360 g/mol. The Kier molecular flexibility index (Phi) is 7.68. The van der Waals surface area contributed by atoms with Gasteiger partial charge in [-0.2, -0.15) is 0 Å². The second-order valence-corrected chi connectivity index (χ2v) is 6.11. The first-order valence-corrected chi connectivity index (χ1v) is 8.87. The predicted molar refractivity (Wildman–Crippen MR) is 106 cm³/mol. The maximum atomic E-state index is 12.2. The number of nitrogens with zero attached hydrogens (tertiary/aromatic N) is 1. The first kappa shape index (κ1) is 21.1. The summed E-state index contributed by atoms with van der Waals surface area (Å²) in [5.41, 5.74) is 1.45. The molecule has 0 aliphatic rings. The summed E-state index contributed by atoms with van der Waals surface area (Å²) in [6, 6.07) is 12.4. The minimum atomic E-state index is -0.197. The van der Waals surface area contributed by atoms with Crippen molar-refractivity contribution in [3.05, 3.63) is 53.6 Å². The van der Waals surface area contributed by atoms with Crippen LogP contribution < -0.4 is 19.5 Å². The Morgan fingerprint density at radius 1 is 0.929 bits per heavy atom. The van der Waals surface area contributed by atoms with Gasteiger partial charge in [0.2, 0.25) is 5.91 Å². The lowest BCUT2D eigenvalue weighted by atomic mass is 10.2. The van der Waals surface area contributed by atoms with Crippen molar-refractivity contribution in [3.63, 3.8) is 0 Å². The van der Waals surface area contributed by atoms with Crippen LogP contribution in [-0.4, -0.2) is 51.1 Å². The summed E-state index contributed by atoms with van der Waals surface area (Å²) in [5, 5.41) is 2.83. The highest BCUT2D eigenvalue weighted by atomic mass is 16.5. The molecule has 7 heteroatoms. The Morgan fingerprint density at radius 3 is 2.18 bits per heavy atom. The zero-order chi connectivity index (χ0) is 20.5. The average molecular weight is 386 g/mol. The minimum Gasteiger partial charge on any atom is -0.497 e. The lowest BCUT2D eigenvalue weighted by Gasteiger charge is -2.22. The van der Waals surface area contributed by atoms with Gasteiger partial charge in [0.05, 0.1) is 21.3 Å². The van der Waals surface area contributed by atoms with Crippen LogP contribution in [0, 0.1) is 0 Å². The van der Waals surface area contributed by atoms with Crippen molar-refractivity contribution < 1.29 is 23.8 Å². The van der Waals surface area contributed by atoms with Gasteiger partial charge in [-0.05, 0) is 42.0 Å². The molecule has 0 fully saturated rings. The van der Waals surface area contributed by atoms with Gasteiger partial charge in [0.25, 0.3) is 5.91 Å². The van der Waals surface area contributed by atoms with Crippen LogP contribution in [0.4, 0.5) is 0 Å². The number of methoxy groups -OCH3 is 3. The van der Waals surface area contributed by atoms with Crippen LogP contribution in [0.3, 0.4) is 0 Å². The summed E-state index contributed by atoms with van der Waals surface area (Å²) >= 11 is 0. The molecule has 0 radical (unpaired) electrons. The van der Waals surface area contributed by atoms with E-state index in [1.807, 2.05) is 12.1 Å². The lowest BCUT2D eigenvalue weighted by Crippen LogP contribution is -2.37. The molecule has 0 saturated heterocycles. The topological polar surface area (TPSA) is 77.1 Å². The summed E-state index contributed by atoms with van der Waals surface area (Å²) in [4.78, 5) is 25.9. The Balaban J connectivity index is 1.94. The van der Waals surface area contributed by atoms with E-state index in [1.54, 1.807) is 56.6 Å². The molecule has 0 saturated carbocycles. The maximum Gasteiger partial charge on any atom is 0.251 e. The second kappa shape index (κ2) is 10.2. The Labute approximate surface area is 165 Å². The van der Waals surface area contributed by atoms with Gasteiger partial charge in [-0.25, -0.2) is 0 Å². The monoisotopic (exact) mass is 386 g/mol. The number of carbonyl (C=O) groups excluding carboxylic acids is 2. The summed E-state index contributed by atoms with van der Waals surface area (Å²) in [5.74, 6) is 1.66. The molecule has 2 rings (SSSR count). The minimum absolute atomic E-state index is 0.0755. The number of carbonyl (C=O) groups is 2. The van der Waals surface area contributed by atoms with Crippen LogP contribution in [0.25, 0.3) is 0 Å². The number of amides is 2. The number of nitrogens with one attached hydrogen (secondary N) is 1. The van der Waals surface area contributed by atoms with E-state index in [0.717, 1.165) is 5.56 Å². The summed E-state index contributed by atoms with van der Waals surface area (Å²) in [6.07, 6.45) is 0. The van der Waals surface area contributed by atoms with Crippen molar-refractivity contribution >= 4 is 11.8 Å². The van der Waals surface area contributed by atoms with Crippen LogP contribution in [0.2, 0.25) is 0 Å². The van der Waals surface area contributed by atoms with Crippen molar-refractivity contribution in [1.29, 1.82) is 0 Å². The predicted octanol–water partition coefficient (Wildman–Crippen LogP) is 2.49. The highest BCUT2D eigenvalue weighted by Crippen LogP contribution is 2.28. The molecule has 0 aliphatic heterocycles. The average Bonchev–Trinajstić information content (AvgIpc) is 2.72. The smallest absolute Gasteiger partial charge is 0.251 e. The van der Waals surface area contributed by atoms with E-state index in [4.69, 9.17) is 14.2 Å². The molecule has 0 atom stereocenters. The van der Waals surface area contributed by atoms with Crippen LogP contribution in [0.1, 0.15) is 22.8 Å². The quantitative estimate of drug-likeness (QED) is 0.717. The first-order chi connectivity index (χ1) is 13.5. The van der Waals surface area contributed by atoms with E-state index in [9.17, 15) is 9.59 Å². The van der Waals surface area contributed by atoms with Crippen molar-refractivity contribution in [3.8, 4) is 17.2 Å². The molecule has 0 heterocycles. The number of hydrogen-bond donors (Lipinski definition) is 1. The molecule has 150 valence electrons. The third-order valence-corrected chi connectivity index (χ3v) is 4.29. The number of ether oxygens (including phenoxy) is 3. The van der Waals surface area contributed by atoms with E-state index in [2.05, 4.69) is 5.32 Å². The molecule has 0 aromatic heterocycles. The maximum absolute atomic E-state index is 12.2. The zero-order valence-electron chi connectivity index (χ0n) is 16.7. The van der Waals surface area contributed by atoms with E-state index < -0.39 is 0 Å². The number of rotatable bonds is 9. The van der Waals surface area contributed by atoms with E-state index in [-0.39, 0.29) is 11.8 Å². The SMILES string of the molecule is COc1ccc(C(=O)NCCN(Cc2ccc(OC)c(OC)c2)C(C)=O)cc1. The third-order valence-electron chi connectivity index (χ3n) is 4.29. The summed E-state index contributed by atoms with van der Waals surface area (Å²) < 4.78 is 15.6. The molecule has 0 unspecified atom stereocenters. The van der Waals surface area contributed by atoms with Gasteiger partial charge in [0, 0.05) is 32.1 Å². The Bertz CT molecular complexity index is 805. The highest BCUT2D eigenvalue weighted by Gasteiger charge is 2.13. The van der Waals surface area contributed by atoms with Gasteiger partial charge in [-0.3, -0.25) is 9.59 Å². The molecule has 1 N–H and O–H groups in total. The molecule has 2 aromatic carbocycles. The molecule has 2 aromatic rings. The van der Waals surface area contributed by atoms with Crippen LogP contribution in [0.5, 0.6) is 17.2 Å². The summed E-state index contributed by atoms with van der Waals surface area (Å²) in [6.45, 7) is 2.66. The highest BCUT2D eigenvalue weighted by molar-refractivity contribution is 5.94.